The molecule has 4 nitrogen and oxygen atoms in total. The van der Waals surface area contributed by atoms with Gasteiger partial charge in [-0.25, -0.2) is 9.97 Å². The molecule has 0 saturated heterocycles. The lowest BCUT2D eigenvalue weighted by molar-refractivity contribution is 0.712. The second-order valence-electron chi connectivity index (χ2n) is 4.06. The second-order valence-corrected chi connectivity index (χ2v) is 4.06. The van der Waals surface area contributed by atoms with Gasteiger partial charge in [-0.2, -0.15) is 0 Å². The predicted octanol–water partition coefficient (Wildman–Crippen LogP) is 1.83. The molecule has 0 amide bonds. The van der Waals surface area contributed by atoms with E-state index in [-0.39, 0.29) is 0 Å². The highest BCUT2D eigenvalue weighted by atomic mass is 15.1. The monoisotopic (exact) mass is 242 g/mol. The highest BCUT2D eigenvalue weighted by molar-refractivity contribution is 5.45. The van der Waals surface area contributed by atoms with Gasteiger partial charge in [-0.15, -0.1) is 0 Å². The molecule has 2 N–H and O–H groups in total. The van der Waals surface area contributed by atoms with Crippen LogP contribution >= 0.6 is 0 Å². The van der Waals surface area contributed by atoms with E-state index >= 15 is 0 Å². The zero-order chi connectivity index (χ0) is 12.6. The molecule has 0 unspecified atom stereocenters. The van der Waals surface area contributed by atoms with Crippen molar-refractivity contribution in [2.24, 2.45) is 5.73 Å². The molecule has 0 aliphatic carbocycles. The molecular weight excluding hydrogens is 224 g/mol. The summed E-state index contributed by atoms with van der Waals surface area (Å²) in [5.41, 5.74) is 6.77. The fourth-order valence-electron chi connectivity index (χ4n) is 1.80. The molecule has 0 atom stereocenters. The molecule has 0 aliphatic heterocycles. The molecule has 1 heterocycles. The fraction of sp³-hybridized carbons (Fsp3) is 0.286. The van der Waals surface area contributed by atoms with Crippen molar-refractivity contribution in [1.29, 1.82) is 0 Å². The van der Waals surface area contributed by atoms with Crippen LogP contribution in [0, 0.1) is 0 Å². The average molecular weight is 242 g/mol. The largest absolute Gasteiger partial charge is 0.364 e. The van der Waals surface area contributed by atoms with Crippen molar-refractivity contribution >= 4 is 5.69 Å². The Balaban J connectivity index is 2.10. The summed E-state index contributed by atoms with van der Waals surface area (Å²) < 4.78 is 0. The van der Waals surface area contributed by atoms with E-state index in [1.807, 2.05) is 24.3 Å². The van der Waals surface area contributed by atoms with Crippen molar-refractivity contribution in [3.05, 3.63) is 54.6 Å². The van der Waals surface area contributed by atoms with Gasteiger partial charge in [0.1, 0.15) is 5.82 Å². The van der Waals surface area contributed by atoms with Gasteiger partial charge in [-0.1, -0.05) is 18.2 Å². The van der Waals surface area contributed by atoms with Crippen molar-refractivity contribution in [2.45, 2.75) is 13.0 Å². The minimum absolute atomic E-state index is 0.693. The van der Waals surface area contributed by atoms with Gasteiger partial charge in [0, 0.05) is 24.6 Å². The summed E-state index contributed by atoms with van der Waals surface area (Å²) in [7, 11) is 0. The van der Waals surface area contributed by atoms with Gasteiger partial charge in [0.2, 0.25) is 0 Å². The van der Waals surface area contributed by atoms with Crippen LogP contribution in [0.5, 0.6) is 0 Å². The number of rotatable bonds is 6. The van der Waals surface area contributed by atoms with Crippen LogP contribution in [0.3, 0.4) is 0 Å². The Morgan fingerprint density at radius 2 is 1.72 bits per heavy atom. The van der Waals surface area contributed by atoms with E-state index in [4.69, 9.17) is 5.73 Å². The third kappa shape index (κ3) is 3.53. The molecule has 0 fully saturated rings. The van der Waals surface area contributed by atoms with Gasteiger partial charge in [0.15, 0.2) is 0 Å². The maximum Gasteiger partial charge on any atom is 0.147 e. The van der Waals surface area contributed by atoms with Crippen molar-refractivity contribution in [3.8, 4) is 0 Å². The van der Waals surface area contributed by atoms with Gasteiger partial charge in [-0.3, -0.25) is 0 Å². The highest BCUT2D eigenvalue weighted by Gasteiger charge is 2.07. The van der Waals surface area contributed by atoms with Crippen molar-refractivity contribution in [1.82, 2.24) is 9.97 Å². The van der Waals surface area contributed by atoms with Crippen molar-refractivity contribution in [3.63, 3.8) is 0 Å². The first-order chi connectivity index (χ1) is 8.90. The molecule has 2 aromatic rings. The zero-order valence-corrected chi connectivity index (χ0v) is 10.4. The lowest BCUT2D eigenvalue weighted by Crippen LogP contribution is -2.26. The molecule has 18 heavy (non-hydrogen) atoms. The van der Waals surface area contributed by atoms with Crippen LogP contribution in [-0.4, -0.2) is 23.1 Å². The highest BCUT2D eigenvalue weighted by Crippen LogP contribution is 2.15. The van der Waals surface area contributed by atoms with Crippen LogP contribution in [0.25, 0.3) is 0 Å². The first kappa shape index (κ1) is 12.5. The normalized spacial score (nSPS) is 10.3. The SMILES string of the molecule is NCCCN(Cc1ncccn1)c1ccccc1. The Morgan fingerprint density at radius 1 is 1.00 bits per heavy atom. The second kappa shape index (κ2) is 6.71. The van der Waals surface area contributed by atoms with E-state index < -0.39 is 0 Å². The van der Waals surface area contributed by atoms with Gasteiger partial charge in [0.05, 0.1) is 6.54 Å². The molecule has 94 valence electrons. The van der Waals surface area contributed by atoms with E-state index in [0.717, 1.165) is 18.8 Å². The maximum absolute atomic E-state index is 5.59. The Hall–Kier alpha value is -1.94. The number of nitrogens with two attached hydrogens (primary N) is 1. The van der Waals surface area contributed by atoms with Crippen LogP contribution < -0.4 is 10.6 Å². The first-order valence-corrected chi connectivity index (χ1v) is 6.16. The maximum atomic E-state index is 5.59. The summed E-state index contributed by atoms with van der Waals surface area (Å²) in [5.74, 6) is 0.832. The van der Waals surface area contributed by atoms with Crippen LogP contribution in [0.4, 0.5) is 5.69 Å². The Labute approximate surface area is 107 Å². The molecule has 4 heteroatoms. The summed E-state index contributed by atoms with van der Waals surface area (Å²) in [5, 5.41) is 0. The van der Waals surface area contributed by atoms with Crippen molar-refractivity contribution in [2.75, 3.05) is 18.0 Å². The number of benzene rings is 1. The van der Waals surface area contributed by atoms with Crippen LogP contribution in [0.1, 0.15) is 12.2 Å². The quantitative estimate of drug-likeness (QED) is 0.839. The summed E-state index contributed by atoms with van der Waals surface area (Å²) >= 11 is 0. The Bertz CT molecular complexity index is 444. The lowest BCUT2D eigenvalue weighted by atomic mass is 10.2. The van der Waals surface area contributed by atoms with E-state index in [1.165, 1.54) is 5.69 Å². The van der Waals surface area contributed by atoms with Gasteiger partial charge < -0.3 is 10.6 Å². The molecule has 0 aliphatic rings. The average Bonchev–Trinajstić information content (AvgIpc) is 2.45. The molecule has 2 rings (SSSR count). The smallest absolute Gasteiger partial charge is 0.147 e. The number of hydrogen-bond donors (Lipinski definition) is 1. The lowest BCUT2D eigenvalue weighted by Gasteiger charge is -2.23. The fourth-order valence-corrected chi connectivity index (χ4v) is 1.80. The summed E-state index contributed by atoms with van der Waals surface area (Å²) in [6, 6.07) is 12.1. The summed E-state index contributed by atoms with van der Waals surface area (Å²) in [6.07, 6.45) is 4.50. The van der Waals surface area contributed by atoms with E-state index in [2.05, 4.69) is 27.0 Å². The molecule has 0 radical (unpaired) electrons. The number of para-hydroxylation sites is 1. The molecular formula is C14H18N4. The van der Waals surface area contributed by atoms with Crippen LogP contribution in [0.15, 0.2) is 48.8 Å². The molecule has 0 spiro atoms. The third-order valence-electron chi connectivity index (χ3n) is 2.71. The first-order valence-electron chi connectivity index (χ1n) is 6.16. The van der Waals surface area contributed by atoms with E-state index in [1.54, 1.807) is 12.4 Å². The minimum Gasteiger partial charge on any atom is -0.364 e. The zero-order valence-electron chi connectivity index (χ0n) is 10.4. The number of hydrogen-bond acceptors (Lipinski definition) is 4. The minimum atomic E-state index is 0.693. The topological polar surface area (TPSA) is 55.0 Å². The standard InChI is InChI=1S/C14H18N4/c15-8-4-11-18(13-6-2-1-3-7-13)12-14-16-9-5-10-17-14/h1-3,5-7,9-10H,4,8,11-12,15H2. The number of anilines is 1. The summed E-state index contributed by atoms with van der Waals surface area (Å²) in [6.45, 7) is 2.32. The van der Waals surface area contributed by atoms with Crippen molar-refractivity contribution < 1.29 is 0 Å². The molecule has 1 aromatic heterocycles. The Kier molecular flexibility index (Phi) is 4.67. The number of nitrogens with zero attached hydrogens (tertiary/aromatic N) is 3. The van der Waals surface area contributed by atoms with Gasteiger partial charge in [0.25, 0.3) is 0 Å². The summed E-state index contributed by atoms with van der Waals surface area (Å²) in [4.78, 5) is 10.8. The van der Waals surface area contributed by atoms with E-state index in [9.17, 15) is 0 Å². The van der Waals surface area contributed by atoms with Gasteiger partial charge in [-0.05, 0) is 31.2 Å². The predicted molar refractivity (Wildman–Crippen MR) is 73.2 cm³/mol. The van der Waals surface area contributed by atoms with Crippen LogP contribution in [-0.2, 0) is 6.54 Å². The third-order valence-corrected chi connectivity index (χ3v) is 2.71. The number of aromatic nitrogens is 2. The van der Waals surface area contributed by atoms with Gasteiger partial charge >= 0.3 is 0 Å². The van der Waals surface area contributed by atoms with Crippen LogP contribution in [0.2, 0.25) is 0 Å². The Morgan fingerprint density at radius 3 is 2.39 bits per heavy atom. The molecule has 0 saturated carbocycles. The van der Waals surface area contributed by atoms with E-state index in [0.29, 0.717) is 13.1 Å². The molecule has 0 bridgehead atoms. The molecule has 1 aromatic carbocycles.